The molecule has 0 saturated heterocycles. The Bertz CT molecular complexity index is 842. The van der Waals surface area contributed by atoms with E-state index >= 15 is 0 Å². The average Bonchev–Trinajstić information content (AvgIpc) is 2.70. The Labute approximate surface area is 170 Å². The summed E-state index contributed by atoms with van der Waals surface area (Å²) in [4.78, 5) is 12.2. The maximum Gasteiger partial charge on any atom is 0.346 e. The second-order valence-corrected chi connectivity index (χ2v) is 7.99. The van der Waals surface area contributed by atoms with Crippen LogP contribution in [-0.2, 0) is 6.42 Å². The van der Waals surface area contributed by atoms with Gasteiger partial charge in [-0.05, 0) is 54.5 Å². The second-order valence-electron chi connectivity index (χ2n) is 7.99. The second kappa shape index (κ2) is 9.95. The molecule has 2 aromatic rings. The van der Waals surface area contributed by atoms with Gasteiger partial charge >= 0.3 is 5.97 Å². The van der Waals surface area contributed by atoms with E-state index in [1.54, 1.807) is 6.07 Å². The molecule has 1 aliphatic rings. The lowest BCUT2D eigenvalue weighted by atomic mass is 9.78. The minimum absolute atomic E-state index is 0.170. The van der Waals surface area contributed by atoms with Gasteiger partial charge in [-0.25, -0.2) is 18.0 Å². The lowest BCUT2D eigenvalue weighted by Gasteiger charge is -2.28. The third-order valence-corrected chi connectivity index (χ3v) is 5.86. The summed E-state index contributed by atoms with van der Waals surface area (Å²) in [6.45, 7) is 2.23. The molecule has 0 atom stereocenters. The Balaban J connectivity index is 1.54. The molecule has 29 heavy (non-hydrogen) atoms. The number of benzene rings is 2. The Morgan fingerprint density at radius 3 is 2.21 bits per heavy atom. The van der Waals surface area contributed by atoms with Crippen LogP contribution in [0.2, 0.25) is 0 Å². The molecule has 3 rings (SSSR count). The molecule has 0 amide bonds. The topological polar surface area (TPSA) is 26.3 Å². The minimum atomic E-state index is -1.13. The zero-order valence-corrected chi connectivity index (χ0v) is 16.7. The highest BCUT2D eigenvalue weighted by atomic mass is 19.2. The van der Waals surface area contributed by atoms with Gasteiger partial charge in [-0.15, -0.1) is 0 Å². The number of aryl methyl sites for hydroxylation is 1. The fourth-order valence-electron chi connectivity index (χ4n) is 4.17. The van der Waals surface area contributed by atoms with Crippen LogP contribution in [-0.4, -0.2) is 5.97 Å². The highest BCUT2D eigenvalue weighted by Gasteiger charge is 2.21. The van der Waals surface area contributed by atoms with Gasteiger partial charge in [0.25, 0.3) is 0 Å². The maximum absolute atomic E-state index is 14.4. The number of esters is 1. The smallest absolute Gasteiger partial charge is 0.346 e. The number of halogens is 3. The van der Waals surface area contributed by atoms with Gasteiger partial charge in [-0.3, -0.25) is 0 Å². The molecule has 156 valence electrons. The van der Waals surface area contributed by atoms with Crippen molar-refractivity contribution in [1.82, 2.24) is 0 Å². The van der Waals surface area contributed by atoms with Gasteiger partial charge in [0, 0.05) is 6.07 Å². The summed E-state index contributed by atoms with van der Waals surface area (Å²) < 4.78 is 45.5. The summed E-state index contributed by atoms with van der Waals surface area (Å²) >= 11 is 0. The van der Waals surface area contributed by atoms with Crippen LogP contribution in [0.4, 0.5) is 13.2 Å². The molecule has 0 unspecified atom stereocenters. The number of rotatable bonds is 7. The normalized spacial score (nSPS) is 19.2. The zero-order valence-electron chi connectivity index (χ0n) is 16.7. The van der Waals surface area contributed by atoms with Crippen LogP contribution in [0.3, 0.4) is 0 Å². The summed E-state index contributed by atoms with van der Waals surface area (Å²) in [5.41, 5.74) is 0.626. The summed E-state index contributed by atoms with van der Waals surface area (Å²) in [5.74, 6) is -2.39. The summed E-state index contributed by atoms with van der Waals surface area (Å²) in [6.07, 6.45) is 9.44. The molecule has 0 N–H and O–H groups in total. The van der Waals surface area contributed by atoms with E-state index in [1.165, 1.54) is 50.7 Å². The number of carbonyl (C=O) groups is 1. The largest absolute Gasteiger partial charge is 0.423 e. The number of hydrogen-bond donors (Lipinski definition) is 0. The SMILES string of the molecule is CCCC1CCC(CCc2ccc(C(=O)Oc3ccc(F)c(F)c3)c(F)c2)CC1. The quantitative estimate of drug-likeness (QED) is 0.372. The molecule has 5 heteroatoms. The molecule has 2 nitrogen and oxygen atoms in total. The van der Waals surface area contributed by atoms with E-state index in [0.29, 0.717) is 5.92 Å². The summed E-state index contributed by atoms with van der Waals surface area (Å²) in [7, 11) is 0. The van der Waals surface area contributed by atoms with Crippen molar-refractivity contribution < 1.29 is 22.7 Å². The van der Waals surface area contributed by atoms with Gasteiger partial charge in [0.05, 0.1) is 5.56 Å². The van der Waals surface area contributed by atoms with E-state index in [1.807, 2.05) is 0 Å². The van der Waals surface area contributed by atoms with Crippen LogP contribution >= 0.6 is 0 Å². The highest BCUT2D eigenvalue weighted by Crippen LogP contribution is 2.34. The minimum Gasteiger partial charge on any atom is -0.423 e. The fourth-order valence-corrected chi connectivity index (χ4v) is 4.17. The van der Waals surface area contributed by atoms with Crippen molar-refractivity contribution in [2.24, 2.45) is 11.8 Å². The van der Waals surface area contributed by atoms with E-state index < -0.39 is 23.4 Å². The molecule has 0 aliphatic heterocycles. The fraction of sp³-hybridized carbons (Fsp3) is 0.458. The molecular weight excluding hydrogens is 377 g/mol. The number of ether oxygens (including phenoxy) is 1. The van der Waals surface area contributed by atoms with Crippen molar-refractivity contribution in [2.45, 2.75) is 58.3 Å². The first kappa shape index (κ1) is 21.4. The maximum atomic E-state index is 14.4. The lowest BCUT2D eigenvalue weighted by Crippen LogP contribution is -2.15. The van der Waals surface area contributed by atoms with Crippen molar-refractivity contribution >= 4 is 5.97 Å². The average molecular weight is 404 g/mol. The van der Waals surface area contributed by atoms with Gasteiger partial charge in [0.1, 0.15) is 11.6 Å². The standard InChI is InChI=1S/C24H27F3O2/c1-2-3-16-4-6-17(7-5-16)8-9-18-10-12-20(22(26)14-18)24(28)29-19-11-13-21(25)23(27)15-19/h10-17H,2-9H2,1H3. The van der Waals surface area contributed by atoms with Crippen LogP contribution in [0.25, 0.3) is 0 Å². The molecule has 2 aromatic carbocycles. The van der Waals surface area contributed by atoms with Crippen LogP contribution < -0.4 is 4.74 Å². The van der Waals surface area contributed by atoms with Crippen LogP contribution in [0.5, 0.6) is 5.75 Å². The summed E-state index contributed by atoms with van der Waals surface area (Å²) in [6, 6.07) is 7.23. The van der Waals surface area contributed by atoms with Crippen molar-refractivity contribution in [1.29, 1.82) is 0 Å². The van der Waals surface area contributed by atoms with Gasteiger partial charge in [-0.2, -0.15) is 0 Å². The predicted molar refractivity (Wildman–Crippen MR) is 106 cm³/mol. The third-order valence-electron chi connectivity index (χ3n) is 5.86. The van der Waals surface area contributed by atoms with E-state index in [2.05, 4.69) is 6.92 Å². The van der Waals surface area contributed by atoms with E-state index in [0.717, 1.165) is 42.5 Å². The monoisotopic (exact) mass is 404 g/mol. The summed E-state index contributed by atoms with van der Waals surface area (Å²) in [5, 5.41) is 0. The molecule has 0 aromatic heterocycles. The first-order valence-corrected chi connectivity index (χ1v) is 10.4. The molecular formula is C24H27F3O2. The molecule has 0 heterocycles. The molecule has 0 bridgehead atoms. The molecule has 0 spiro atoms. The number of hydrogen-bond acceptors (Lipinski definition) is 2. The lowest BCUT2D eigenvalue weighted by molar-refractivity contribution is 0.0729. The molecule has 1 fully saturated rings. The Hall–Kier alpha value is -2.30. The Morgan fingerprint density at radius 1 is 0.897 bits per heavy atom. The van der Waals surface area contributed by atoms with E-state index in [-0.39, 0.29) is 11.3 Å². The highest BCUT2D eigenvalue weighted by molar-refractivity contribution is 5.91. The van der Waals surface area contributed by atoms with Gasteiger partial charge < -0.3 is 4.74 Å². The first-order valence-electron chi connectivity index (χ1n) is 10.4. The third kappa shape index (κ3) is 5.84. The predicted octanol–water partition coefficient (Wildman–Crippen LogP) is 6.86. The zero-order chi connectivity index (χ0) is 20.8. The Morgan fingerprint density at radius 2 is 1.59 bits per heavy atom. The molecule has 1 aliphatic carbocycles. The Kier molecular flexibility index (Phi) is 7.34. The van der Waals surface area contributed by atoms with Crippen molar-refractivity contribution in [3.63, 3.8) is 0 Å². The van der Waals surface area contributed by atoms with Crippen molar-refractivity contribution in [3.8, 4) is 5.75 Å². The van der Waals surface area contributed by atoms with E-state index in [9.17, 15) is 18.0 Å². The van der Waals surface area contributed by atoms with E-state index in [4.69, 9.17) is 4.74 Å². The first-order chi connectivity index (χ1) is 14.0. The number of carbonyl (C=O) groups excluding carboxylic acids is 1. The van der Waals surface area contributed by atoms with Gasteiger partial charge in [0.15, 0.2) is 11.6 Å². The van der Waals surface area contributed by atoms with Crippen molar-refractivity contribution in [3.05, 3.63) is 65.0 Å². The van der Waals surface area contributed by atoms with Gasteiger partial charge in [-0.1, -0.05) is 51.5 Å². The van der Waals surface area contributed by atoms with Crippen LogP contribution in [0, 0.1) is 29.3 Å². The van der Waals surface area contributed by atoms with Gasteiger partial charge in [0.2, 0.25) is 0 Å². The van der Waals surface area contributed by atoms with Crippen LogP contribution in [0.1, 0.15) is 67.8 Å². The van der Waals surface area contributed by atoms with Crippen LogP contribution in [0.15, 0.2) is 36.4 Å². The molecule has 1 saturated carbocycles. The van der Waals surface area contributed by atoms with Crippen molar-refractivity contribution in [2.75, 3.05) is 0 Å². The molecule has 0 radical (unpaired) electrons.